The summed E-state index contributed by atoms with van der Waals surface area (Å²) in [4.78, 5) is 15.3. The Morgan fingerprint density at radius 1 is 1.07 bits per heavy atom. The number of aromatic nitrogens is 2. The second-order valence-electron chi connectivity index (χ2n) is 5.98. The molecule has 2 N–H and O–H groups in total. The van der Waals surface area contributed by atoms with Gasteiger partial charge in [0.15, 0.2) is 5.96 Å². The van der Waals surface area contributed by atoms with Crippen molar-refractivity contribution in [1.29, 1.82) is 0 Å². The monoisotopic (exact) mass is 382 g/mol. The molecule has 1 fully saturated rings. The zero-order valence-corrected chi connectivity index (χ0v) is 14.3. The molecule has 0 saturated carbocycles. The summed E-state index contributed by atoms with van der Waals surface area (Å²) in [6, 6.07) is 7.06. The van der Waals surface area contributed by atoms with Crippen LogP contribution in [0.25, 0.3) is 0 Å². The lowest BCUT2D eigenvalue weighted by atomic mass is 10.2. The number of nitrogens with zero attached hydrogens (tertiary/aromatic N) is 5. The summed E-state index contributed by atoms with van der Waals surface area (Å²) in [5.41, 5.74) is 5.87. The van der Waals surface area contributed by atoms with Crippen molar-refractivity contribution >= 4 is 11.6 Å². The Labute approximate surface area is 153 Å². The van der Waals surface area contributed by atoms with Crippen molar-refractivity contribution in [2.45, 2.75) is 12.7 Å². The van der Waals surface area contributed by atoms with Crippen molar-refractivity contribution in [3.05, 3.63) is 53.9 Å². The molecule has 2 heterocycles. The molecule has 3 rings (SSSR count). The molecule has 144 valence electrons. The third kappa shape index (κ3) is 4.83. The first-order chi connectivity index (χ1) is 12.8. The van der Waals surface area contributed by atoms with Gasteiger partial charge in [-0.2, -0.15) is 13.2 Å². The fourth-order valence-corrected chi connectivity index (χ4v) is 2.73. The highest BCUT2D eigenvalue weighted by Crippen LogP contribution is 2.27. The Hall–Kier alpha value is -2.91. The van der Waals surface area contributed by atoms with Gasteiger partial charge in [0.1, 0.15) is 23.9 Å². The predicted molar refractivity (Wildman–Crippen MR) is 92.5 cm³/mol. The second-order valence-corrected chi connectivity index (χ2v) is 5.98. The van der Waals surface area contributed by atoms with E-state index >= 15 is 0 Å². The average molecular weight is 382 g/mol. The number of guanidine groups is 1. The second kappa shape index (κ2) is 7.77. The van der Waals surface area contributed by atoms with E-state index in [-0.39, 0.29) is 24.1 Å². The predicted octanol–water partition coefficient (Wildman–Crippen LogP) is 2.27. The number of alkyl halides is 3. The van der Waals surface area contributed by atoms with E-state index in [0.29, 0.717) is 26.2 Å². The number of halogens is 4. The first kappa shape index (κ1) is 18.9. The topological polar surface area (TPSA) is 70.6 Å². The Morgan fingerprint density at radius 3 is 2.37 bits per heavy atom. The van der Waals surface area contributed by atoms with Crippen molar-refractivity contribution in [2.24, 2.45) is 10.7 Å². The molecule has 6 nitrogen and oxygen atoms in total. The van der Waals surface area contributed by atoms with Crippen LogP contribution in [0, 0.1) is 5.82 Å². The summed E-state index contributed by atoms with van der Waals surface area (Å²) in [6.07, 6.45) is -3.47. The molecule has 0 bridgehead atoms. The van der Waals surface area contributed by atoms with Gasteiger partial charge in [0, 0.05) is 38.1 Å². The van der Waals surface area contributed by atoms with Crippen molar-refractivity contribution in [3.8, 4) is 0 Å². The lowest BCUT2D eigenvalue weighted by Crippen LogP contribution is -2.51. The molecule has 1 aromatic carbocycles. The summed E-state index contributed by atoms with van der Waals surface area (Å²) in [5, 5.41) is 0. The maximum absolute atomic E-state index is 13.0. The fourth-order valence-electron chi connectivity index (χ4n) is 2.73. The Kier molecular flexibility index (Phi) is 5.43. The van der Waals surface area contributed by atoms with Crippen LogP contribution < -0.4 is 10.6 Å². The first-order valence-corrected chi connectivity index (χ1v) is 8.27. The lowest BCUT2D eigenvalue weighted by Gasteiger charge is -2.36. The van der Waals surface area contributed by atoms with Crippen LogP contribution in [0.3, 0.4) is 0 Å². The summed E-state index contributed by atoms with van der Waals surface area (Å²) >= 11 is 0. The molecule has 1 aromatic heterocycles. The van der Waals surface area contributed by atoms with Crippen LogP contribution in [0.15, 0.2) is 41.5 Å². The molecule has 1 aliphatic rings. The van der Waals surface area contributed by atoms with E-state index in [4.69, 9.17) is 5.73 Å². The highest BCUT2D eigenvalue weighted by Gasteiger charge is 2.32. The van der Waals surface area contributed by atoms with Gasteiger partial charge < -0.3 is 15.5 Å². The van der Waals surface area contributed by atoms with Crippen LogP contribution in [-0.2, 0) is 12.7 Å². The van der Waals surface area contributed by atoms with Gasteiger partial charge in [0.05, 0.1) is 0 Å². The Balaban J connectivity index is 1.57. The number of hydrogen-bond acceptors (Lipinski definition) is 4. The first-order valence-electron chi connectivity index (χ1n) is 8.27. The molecular formula is C17H18F4N6. The maximum Gasteiger partial charge on any atom is 0.433 e. The van der Waals surface area contributed by atoms with Crippen molar-refractivity contribution < 1.29 is 17.6 Å². The fraction of sp³-hybridized carbons (Fsp3) is 0.353. The van der Waals surface area contributed by atoms with Gasteiger partial charge in [-0.1, -0.05) is 0 Å². The molecule has 27 heavy (non-hydrogen) atoms. The summed E-state index contributed by atoms with van der Waals surface area (Å²) in [7, 11) is 0. The average Bonchev–Trinajstić information content (AvgIpc) is 2.66. The Bertz CT molecular complexity index is 798. The quantitative estimate of drug-likeness (QED) is 0.501. The number of nitrogens with two attached hydrogens (primary N) is 1. The molecule has 0 radical (unpaired) electrons. The maximum atomic E-state index is 13.0. The molecule has 0 spiro atoms. The van der Waals surface area contributed by atoms with E-state index in [2.05, 4.69) is 19.9 Å². The van der Waals surface area contributed by atoms with Crippen LogP contribution in [0.4, 0.5) is 23.2 Å². The minimum absolute atomic E-state index is 0.0438. The third-order valence-electron chi connectivity index (χ3n) is 4.17. The van der Waals surface area contributed by atoms with Gasteiger partial charge in [-0.3, -0.25) is 0 Å². The largest absolute Gasteiger partial charge is 0.433 e. The van der Waals surface area contributed by atoms with Crippen LogP contribution in [-0.4, -0.2) is 47.0 Å². The highest BCUT2D eigenvalue weighted by atomic mass is 19.4. The molecule has 0 unspecified atom stereocenters. The van der Waals surface area contributed by atoms with Crippen LogP contribution in [0.1, 0.15) is 11.5 Å². The summed E-state index contributed by atoms with van der Waals surface area (Å²) in [6.45, 7) is 2.39. The number of piperazine rings is 1. The van der Waals surface area contributed by atoms with Gasteiger partial charge in [-0.15, -0.1) is 0 Å². The SMILES string of the molecule is NC(=NCc1nccc(C(F)(F)F)n1)N1CCN(c2ccc(F)cc2)CC1. The molecule has 1 aliphatic heterocycles. The van der Waals surface area contributed by atoms with Crippen LogP contribution in [0.5, 0.6) is 0 Å². The van der Waals surface area contributed by atoms with Crippen LogP contribution >= 0.6 is 0 Å². The van der Waals surface area contributed by atoms with E-state index in [1.54, 1.807) is 12.1 Å². The molecule has 2 aromatic rings. The summed E-state index contributed by atoms with van der Waals surface area (Å²) in [5.74, 6) is -0.0990. The van der Waals surface area contributed by atoms with Crippen molar-refractivity contribution in [2.75, 3.05) is 31.1 Å². The van der Waals surface area contributed by atoms with E-state index in [9.17, 15) is 17.6 Å². The number of rotatable bonds is 3. The van der Waals surface area contributed by atoms with Gasteiger partial charge in [0.25, 0.3) is 0 Å². The van der Waals surface area contributed by atoms with E-state index in [0.717, 1.165) is 18.0 Å². The van der Waals surface area contributed by atoms with E-state index < -0.39 is 11.9 Å². The smallest absolute Gasteiger partial charge is 0.370 e. The standard InChI is InChI=1S/C17H18F4N6/c18-12-1-3-13(4-2-12)26-7-9-27(10-8-26)16(22)24-11-15-23-6-5-14(25-15)17(19,20)21/h1-6H,7-11H2,(H2,22,24). The zero-order chi connectivity index (χ0) is 19.4. The number of hydrogen-bond donors (Lipinski definition) is 1. The molecule has 0 amide bonds. The number of aliphatic imine (C=N–C) groups is 1. The molecule has 0 atom stereocenters. The minimum atomic E-state index is -4.52. The normalized spacial score (nSPS) is 15.9. The molecule has 1 saturated heterocycles. The Morgan fingerprint density at radius 2 is 1.74 bits per heavy atom. The molecular weight excluding hydrogens is 364 g/mol. The van der Waals surface area contributed by atoms with Gasteiger partial charge in [-0.25, -0.2) is 19.4 Å². The van der Waals surface area contributed by atoms with E-state index in [1.165, 1.54) is 12.1 Å². The van der Waals surface area contributed by atoms with Crippen molar-refractivity contribution in [3.63, 3.8) is 0 Å². The van der Waals surface area contributed by atoms with Gasteiger partial charge >= 0.3 is 6.18 Å². The minimum Gasteiger partial charge on any atom is -0.370 e. The van der Waals surface area contributed by atoms with E-state index in [1.807, 2.05) is 4.90 Å². The summed E-state index contributed by atoms with van der Waals surface area (Å²) < 4.78 is 51.0. The van der Waals surface area contributed by atoms with Gasteiger partial charge in [-0.05, 0) is 30.3 Å². The van der Waals surface area contributed by atoms with Crippen LogP contribution in [0.2, 0.25) is 0 Å². The lowest BCUT2D eigenvalue weighted by molar-refractivity contribution is -0.141. The van der Waals surface area contributed by atoms with Gasteiger partial charge in [0.2, 0.25) is 0 Å². The van der Waals surface area contributed by atoms with Crippen molar-refractivity contribution in [1.82, 2.24) is 14.9 Å². The zero-order valence-electron chi connectivity index (χ0n) is 14.3. The number of anilines is 1. The number of benzene rings is 1. The molecule has 10 heteroatoms. The highest BCUT2D eigenvalue weighted by molar-refractivity contribution is 5.78. The molecule has 0 aliphatic carbocycles. The third-order valence-corrected chi connectivity index (χ3v) is 4.17.